The molecule has 1 saturated heterocycles. The Morgan fingerprint density at radius 1 is 1.04 bits per heavy atom. The maximum atomic E-state index is 13.3. The molecule has 1 aliphatic rings. The Hall–Kier alpha value is -2.62. The van der Waals surface area contributed by atoms with Crippen LogP contribution in [0.2, 0.25) is 5.15 Å². The lowest BCUT2D eigenvalue weighted by molar-refractivity contribution is -0.385. The van der Waals surface area contributed by atoms with E-state index in [9.17, 15) is 23.3 Å². The van der Waals surface area contributed by atoms with E-state index in [0.29, 0.717) is 38.1 Å². The van der Waals surface area contributed by atoms with Crippen molar-refractivity contribution >= 4 is 28.8 Å². The molecule has 0 unspecified atom stereocenters. The molecule has 0 spiro atoms. The van der Waals surface area contributed by atoms with E-state index < -0.39 is 22.4 Å². The van der Waals surface area contributed by atoms with Gasteiger partial charge in [-0.15, -0.1) is 10.2 Å². The maximum Gasteiger partial charge on any atom is 0.418 e. The number of nitro benzene ring substituents is 1. The van der Waals surface area contributed by atoms with Gasteiger partial charge in [-0.25, -0.2) is 0 Å². The molecule has 3 rings (SSSR count). The van der Waals surface area contributed by atoms with Gasteiger partial charge in [-0.05, 0) is 18.2 Å². The summed E-state index contributed by atoms with van der Waals surface area (Å²) in [5, 5.41) is 18.8. The molecule has 0 saturated carbocycles. The number of non-ortho nitro benzene ring substituents is 1. The normalized spacial score (nSPS) is 15.2. The number of alkyl halides is 3. The van der Waals surface area contributed by atoms with Gasteiger partial charge in [-0.3, -0.25) is 10.1 Å². The van der Waals surface area contributed by atoms with Gasteiger partial charge in [-0.2, -0.15) is 13.2 Å². The first-order chi connectivity index (χ1) is 12.3. The molecule has 1 aromatic carbocycles. The zero-order valence-electron chi connectivity index (χ0n) is 13.3. The highest BCUT2D eigenvalue weighted by molar-refractivity contribution is 6.29. The predicted molar refractivity (Wildman–Crippen MR) is 89.6 cm³/mol. The molecule has 138 valence electrons. The standard InChI is InChI=1S/C15H13ClF3N5O2/c16-13-3-4-14(21-20-13)23-7-5-22(6-8-23)12-2-1-10(24(25)26)9-11(12)15(17,18)19/h1-4,9H,5-8H2. The second kappa shape index (κ2) is 6.94. The lowest BCUT2D eigenvalue weighted by Gasteiger charge is -2.37. The Morgan fingerprint density at radius 2 is 1.69 bits per heavy atom. The molecule has 0 radical (unpaired) electrons. The van der Waals surface area contributed by atoms with Crippen LogP contribution in [0.5, 0.6) is 0 Å². The third kappa shape index (κ3) is 3.79. The Balaban J connectivity index is 1.80. The average molecular weight is 388 g/mol. The molecule has 2 aromatic rings. The minimum absolute atomic E-state index is 0.0649. The first kappa shape index (κ1) is 18.2. The molecule has 0 bridgehead atoms. The molecule has 2 heterocycles. The second-order valence-corrected chi connectivity index (χ2v) is 6.03. The largest absolute Gasteiger partial charge is 0.418 e. The van der Waals surface area contributed by atoms with Crippen molar-refractivity contribution in [3.05, 3.63) is 51.2 Å². The van der Waals surface area contributed by atoms with Crippen molar-refractivity contribution in [3.8, 4) is 0 Å². The van der Waals surface area contributed by atoms with Gasteiger partial charge in [0.2, 0.25) is 0 Å². The summed E-state index contributed by atoms with van der Waals surface area (Å²) in [7, 11) is 0. The lowest BCUT2D eigenvalue weighted by atomic mass is 10.1. The van der Waals surface area contributed by atoms with Crippen LogP contribution >= 0.6 is 11.6 Å². The molecule has 11 heteroatoms. The van der Waals surface area contributed by atoms with Gasteiger partial charge in [0.15, 0.2) is 11.0 Å². The first-order valence-electron chi connectivity index (χ1n) is 7.60. The number of hydrogen-bond donors (Lipinski definition) is 0. The molecule has 1 aromatic heterocycles. The monoisotopic (exact) mass is 387 g/mol. The van der Waals surface area contributed by atoms with Crippen LogP contribution in [0.15, 0.2) is 30.3 Å². The van der Waals surface area contributed by atoms with Crippen LogP contribution in [0.1, 0.15) is 5.56 Å². The summed E-state index contributed by atoms with van der Waals surface area (Å²) in [6, 6.07) is 6.10. The van der Waals surface area contributed by atoms with Gasteiger partial charge in [-0.1, -0.05) is 11.6 Å². The lowest BCUT2D eigenvalue weighted by Crippen LogP contribution is -2.47. The van der Waals surface area contributed by atoms with Crippen molar-refractivity contribution in [3.63, 3.8) is 0 Å². The van der Waals surface area contributed by atoms with Gasteiger partial charge in [0.1, 0.15) is 0 Å². The number of aromatic nitrogens is 2. The zero-order chi connectivity index (χ0) is 18.9. The highest BCUT2D eigenvalue weighted by Gasteiger charge is 2.37. The fourth-order valence-corrected chi connectivity index (χ4v) is 2.90. The molecule has 1 fully saturated rings. The molecular formula is C15H13ClF3N5O2. The van der Waals surface area contributed by atoms with Crippen LogP contribution in [-0.4, -0.2) is 41.3 Å². The minimum atomic E-state index is -4.68. The fourth-order valence-electron chi connectivity index (χ4n) is 2.79. The second-order valence-electron chi connectivity index (χ2n) is 5.64. The summed E-state index contributed by atoms with van der Waals surface area (Å²) in [4.78, 5) is 13.4. The van der Waals surface area contributed by atoms with Crippen molar-refractivity contribution in [2.75, 3.05) is 36.0 Å². The summed E-state index contributed by atoms with van der Waals surface area (Å²) in [5.74, 6) is 0.591. The quantitative estimate of drug-likeness (QED) is 0.593. The van der Waals surface area contributed by atoms with Crippen molar-refractivity contribution in [1.29, 1.82) is 0 Å². The summed E-state index contributed by atoms with van der Waals surface area (Å²) in [5.41, 5.74) is -1.66. The highest BCUT2D eigenvalue weighted by Crippen LogP contribution is 2.39. The molecule has 1 aliphatic heterocycles. The van der Waals surface area contributed by atoms with E-state index in [-0.39, 0.29) is 10.8 Å². The Morgan fingerprint density at radius 3 is 2.23 bits per heavy atom. The topological polar surface area (TPSA) is 75.4 Å². The Kier molecular flexibility index (Phi) is 4.86. The van der Waals surface area contributed by atoms with Gasteiger partial charge >= 0.3 is 6.18 Å². The summed E-state index contributed by atoms with van der Waals surface area (Å²) in [6.07, 6.45) is -4.68. The maximum absolute atomic E-state index is 13.3. The number of nitrogens with zero attached hydrogens (tertiary/aromatic N) is 5. The number of rotatable bonds is 3. The number of benzene rings is 1. The van der Waals surface area contributed by atoms with Gasteiger partial charge in [0.05, 0.1) is 10.5 Å². The molecule has 0 N–H and O–H groups in total. The molecular weight excluding hydrogens is 375 g/mol. The Labute approximate surface area is 151 Å². The van der Waals surface area contributed by atoms with Crippen molar-refractivity contribution in [2.45, 2.75) is 6.18 Å². The van der Waals surface area contributed by atoms with Crippen LogP contribution in [0, 0.1) is 10.1 Å². The van der Waals surface area contributed by atoms with E-state index in [2.05, 4.69) is 10.2 Å². The number of hydrogen-bond acceptors (Lipinski definition) is 6. The van der Waals surface area contributed by atoms with Crippen molar-refractivity contribution in [1.82, 2.24) is 10.2 Å². The molecule has 7 nitrogen and oxygen atoms in total. The van der Waals surface area contributed by atoms with Crippen LogP contribution in [0.3, 0.4) is 0 Å². The number of piperazine rings is 1. The third-order valence-electron chi connectivity index (χ3n) is 4.06. The number of halogens is 4. The zero-order valence-corrected chi connectivity index (χ0v) is 14.0. The van der Waals surface area contributed by atoms with Gasteiger partial charge < -0.3 is 9.80 Å². The van der Waals surface area contributed by atoms with Crippen LogP contribution in [0.25, 0.3) is 0 Å². The summed E-state index contributed by atoms with van der Waals surface area (Å²) < 4.78 is 40.0. The van der Waals surface area contributed by atoms with Gasteiger partial charge in [0, 0.05) is 44.0 Å². The smallest absolute Gasteiger partial charge is 0.367 e. The van der Waals surface area contributed by atoms with E-state index in [4.69, 9.17) is 11.6 Å². The highest BCUT2D eigenvalue weighted by atomic mass is 35.5. The summed E-state index contributed by atoms with van der Waals surface area (Å²) >= 11 is 5.69. The van der Waals surface area contributed by atoms with Gasteiger partial charge in [0.25, 0.3) is 5.69 Å². The fraction of sp³-hybridized carbons (Fsp3) is 0.333. The SMILES string of the molecule is O=[N+]([O-])c1ccc(N2CCN(c3ccc(Cl)nn3)CC2)c(C(F)(F)F)c1. The van der Waals surface area contributed by atoms with E-state index in [1.54, 1.807) is 17.0 Å². The van der Waals surface area contributed by atoms with Crippen molar-refractivity contribution < 1.29 is 18.1 Å². The molecule has 0 atom stereocenters. The summed E-state index contributed by atoms with van der Waals surface area (Å²) in [6.45, 7) is 1.49. The molecule has 0 aliphatic carbocycles. The van der Waals surface area contributed by atoms with Crippen LogP contribution < -0.4 is 9.80 Å². The van der Waals surface area contributed by atoms with E-state index >= 15 is 0 Å². The van der Waals surface area contributed by atoms with Crippen LogP contribution in [-0.2, 0) is 6.18 Å². The first-order valence-corrected chi connectivity index (χ1v) is 7.98. The van der Waals surface area contributed by atoms with E-state index in [1.165, 1.54) is 0 Å². The third-order valence-corrected chi connectivity index (χ3v) is 4.26. The molecule has 26 heavy (non-hydrogen) atoms. The van der Waals surface area contributed by atoms with Crippen molar-refractivity contribution in [2.24, 2.45) is 0 Å². The minimum Gasteiger partial charge on any atom is -0.367 e. The number of nitro groups is 1. The van der Waals surface area contributed by atoms with E-state index in [1.807, 2.05) is 4.90 Å². The van der Waals surface area contributed by atoms with E-state index in [0.717, 1.165) is 12.1 Å². The van der Waals surface area contributed by atoms with Crippen LogP contribution in [0.4, 0.5) is 30.4 Å². The average Bonchev–Trinajstić information content (AvgIpc) is 2.61. The Bertz CT molecular complexity index is 808. The predicted octanol–water partition coefficient (Wildman–Crippen LogP) is 3.38. The number of anilines is 2. The molecule has 0 amide bonds.